The summed E-state index contributed by atoms with van der Waals surface area (Å²) in [6.45, 7) is 0.998. The number of amides is 1. The number of hydrogen-bond donors (Lipinski definition) is 3. The van der Waals surface area contributed by atoms with Gasteiger partial charge in [0.2, 0.25) is 15.7 Å². The minimum Gasteiger partial charge on any atom is -0.399 e. The first-order valence-corrected chi connectivity index (χ1v) is 9.54. The van der Waals surface area contributed by atoms with Crippen LogP contribution < -0.4 is 45.7 Å². The van der Waals surface area contributed by atoms with E-state index in [-0.39, 0.29) is 40.1 Å². The van der Waals surface area contributed by atoms with Crippen molar-refractivity contribution in [2.75, 3.05) is 11.5 Å². The van der Waals surface area contributed by atoms with E-state index in [1.807, 2.05) is 0 Å². The molecule has 0 radical (unpaired) electrons. The van der Waals surface area contributed by atoms with Crippen molar-refractivity contribution in [3.05, 3.63) is 42.5 Å². The van der Waals surface area contributed by atoms with Crippen LogP contribution in [0.3, 0.4) is 0 Å². The smallest absolute Gasteiger partial charge is 0.399 e. The first kappa shape index (κ1) is 21.5. The molecule has 0 heterocycles. The summed E-state index contributed by atoms with van der Waals surface area (Å²) >= 11 is 0. The Morgan fingerprint density at radius 3 is 1.92 bits per heavy atom. The molecule has 0 aliphatic heterocycles. The number of benzene rings is 2. The van der Waals surface area contributed by atoms with E-state index in [1.165, 1.54) is 30.3 Å². The largest absolute Gasteiger partial charge is 1.00 e. The van der Waals surface area contributed by atoms with Gasteiger partial charge in [-0.25, -0.2) is 21.6 Å². The predicted molar refractivity (Wildman–Crippen MR) is 88.2 cm³/mol. The second kappa shape index (κ2) is 7.75. The van der Waals surface area contributed by atoms with Crippen LogP contribution in [-0.4, -0.2) is 22.7 Å². The van der Waals surface area contributed by atoms with Crippen LogP contribution in [0.5, 0.6) is 0 Å². The molecule has 0 aliphatic rings. The zero-order chi connectivity index (χ0) is 18.1. The van der Waals surface area contributed by atoms with Gasteiger partial charge in [0, 0.05) is 18.3 Å². The number of nitrogen functional groups attached to an aromatic ring is 2. The van der Waals surface area contributed by atoms with Crippen molar-refractivity contribution >= 4 is 37.1 Å². The Morgan fingerprint density at radius 2 is 1.40 bits per heavy atom. The maximum absolute atomic E-state index is 12.8. The zero-order valence-corrected chi connectivity index (χ0v) is 17.2. The van der Waals surface area contributed by atoms with Crippen molar-refractivity contribution in [2.24, 2.45) is 0 Å². The summed E-state index contributed by atoms with van der Waals surface area (Å²) in [4.78, 5) is 9.87. The minimum atomic E-state index is -4.40. The molecular weight excluding hydrogens is 377 g/mol. The third kappa shape index (κ3) is 4.73. The minimum absolute atomic E-state index is 0. The molecule has 0 saturated heterocycles. The van der Waals surface area contributed by atoms with Crippen molar-refractivity contribution in [1.82, 2.24) is 4.72 Å². The molecule has 2 aromatic rings. The van der Waals surface area contributed by atoms with Crippen LogP contribution in [0.15, 0.2) is 57.2 Å². The third-order valence-electron chi connectivity index (χ3n) is 3.02. The summed E-state index contributed by atoms with van der Waals surface area (Å²) in [5, 5.41) is 0. The van der Waals surface area contributed by atoms with Crippen molar-refractivity contribution in [3.63, 3.8) is 0 Å². The summed E-state index contributed by atoms with van der Waals surface area (Å²) in [5.74, 6) is -0.853. The van der Waals surface area contributed by atoms with E-state index in [9.17, 15) is 21.6 Å². The SMILES string of the molecule is CC(=O)NS(=O)(=O)c1cc(N)ccc1S(=O)(=O)c1ccc(N)cc1.[Na+]. The molecule has 2 rings (SSSR count). The molecule has 0 saturated carbocycles. The van der Waals surface area contributed by atoms with Crippen molar-refractivity contribution in [2.45, 2.75) is 21.6 Å². The maximum atomic E-state index is 12.8. The predicted octanol–water partition coefficient (Wildman–Crippen LogP) is -2.49. The number of carbonyl (C=O) groups excluding carboxylic acids is 1. The van der Waals surface area contributed by atoms with E-state index in [1.54, 1.807) is 4.72 Å². The summed E-state index contributed by atoms with van der Waals surface area (Å²) in [7, 11) is -8.56. The van der Waals surface area contributed by atoms with Gasteiger partial charge in [0.05, 0.1) is 9.79 Å². The van der Waals surface area contributed by atoms with Gasteiger partial charge in [-0.2, -0.15) is 0 Å². The number of nitrogens with two attached hydrogens (primary N) is 2. The Balaban J connectivity index is 0.00000312. The molecule has 2 aromatic carbocycles. The number of carbonyl (C=O) groups is 1. The van der Waals surface area contributed by atoms with Crippen LogP contribution in [0.2, 0.25) is 0 Å². The summed E-state index contributed by atoms with van der Waals surface area (Å²) in [6.07, 6.45) is 0. The number of sulfone groups is 1. The molecule has 11 heteroatoms. The Labute approximate surface area is 167 Å². The number of rotatable bonds is 4. The van der Waals surface area contributed by atoms with E-state index < -0.39 is 35.6 Å². The second-order valence-corrected chi connectivity index (χ2v) is 8.51. The Morgan fingerprint density at radius 1 is 0.880 bits per heavy atom. The van der Waals surface area contributed by atoms with E-state index >= 15 is 0 Å². The molecule has 5 N–H and O–H groups in total. The Bertz CT molecular complexity index is 1000. The van der Waals surface area contributed by atoms with Gasteiger partial charge in [0.25, 0.3) is 10.0 Å². The average molecular weight is 392 g/mol. The summed E-state index contributed by atoms with van der Waals surface area (Å²) < 4.78 is 51.8. The van der Waals surface area contributed by atoms with Crippen molar-refractivity contribution < 1.29 is 51.2 Å². The first-order chi connectivity index (χ1) is 11.0. The maximum Gasteiger partial charge on any atom is 1.00 e. The number of sulfonamides is 1. The van der Waals surface area contributed by atoms with Crippen LogP contribution in [0.4, 0.5) is 11.4 Å². The van der Waals surface area contributed by atoms with Gasteiger partial charge in [-0.05, 0) is 42.5 Å². The van der Waals surface area contributed by atoms with Gasteiger partial charge in [-0.1, -0.05) is 0 Å². The van der Waals surface area contributed by atoms with Crippen molar-refractivity contribution in [3.8, 4) is 0 Å². The molecule has 0 atom stereocenters. The molecule has 25 heavy (non-hydrogen) atoms. The van der Waals surface area contributed by atoms with Gasteiger partial charge in [0.1, 0.15) is 4.90 Å². The van der Waals surface area contributed by atoms with E-state index in [0.717, 1.165) is 19.1 Å². The normalized spacial score (nSPS) is 11.4. The molecule has 0 aromatic heterocycles. The van der Waals surface area contributed by atoms with Gasteiger partial charge in [-0.3, -0.25) is 4.79 Å². The van der Waals surface area contributed by atoms with E-state index in [0.29, 0.717) is 5.69 Å². The molecule has 1 amide bonds. The van der Waals surface area contributed by atoms with Gasteiger partial charge >= 0.3 is 29.6 Å². The monoisotopic (exact) mass is 392 g/mol. The van der Waals surface area contributed by atoms with Crippen LogP contribution in [0.25, 0.3) is 0 Å². The quantitative estimate of drug-likeness (QED) is 0.385. The van der Waals surface area contributed by atoms with E-state index in [2.05, 4.69) is 0 Å². The van der Waals surface area contributed by atoms with Gasteiger partial charge in [0.15, 0.2) is 0 Å². The average Bonchev–Trinajstić information content (AvgIpc) is 2.46. The van der Waals surface area contributed by atoms with Crippen molar-refractivity contribution in [1.29, 1.82) is 0 Å². The Hall–Kier alpha value is -1.59. The molecule has 128 valence electrons. The number of anilines is 2. The molecule has 0 aliphatic carbocycles. The standard InChI is InChI=1S/C14H15N3O5S2.Na/c1-9(18)17-24(21,22)14-8-11(16)4-7-13(14)23(19,20)12-5-2-10(15)3-6-12;/h2-8H,15-16H2,1H3,(H,17,18);/q;+1. The molecule has 0 bridgehead atoms. The topological polar surface area (TPSA) is 149 Å². The van der Waals surface area contributed by atoms with Crippen LogP contribution >= 0.6 is 0 Å². The first-order valence-electron chi connectivity index (χ1n) is 6.57. The van der Waals surface area contributed by atoms with E-state index in [4.69, 9.17) is 11.5 Å². The number of nitrogens with one attached hydrogen (secondary N) is 1. The fraction of sp³-hybridized carbons (Fsp3) is 0.0714. The molecule has 0 spiro atoms. The fourth-order valence-corrected chi connectivity index (χ4v) is 5.06. The fourth-order valence-electron chi connectivity index (χ4n) is 1.97. The summed E-state index contributed by atoms with van der Waals surface area (Å²) in [5.41, 5.74) is 11.5. The number of hydrogen-bond acceptors (Lipinski definition) is 7. The molecule has 0 fully saturated rings. The molecule has 0 unspecified atom stereocenters. The summed E-state index contributed by atoms with van der Waals surface area (Å²) in [6, 6.07) is 8.60. The third-order valence-corrected chi connectivity index (χ3v) is 6.45. The van der Waals surface area contributed by atoms with Crippen LogP contribution in [0.1, 0.15) is 6.92 Å². The zero-order valence-electron chi connectivity index (χ0n) is 13.6. The Kier molecular flexibility index (Phi) is 6.65. The van der Waals surface area contributed by atoms with Gasteiger partial charge in [-0.15, -0.1) is 0 Å². The molecule has 8 nitrogen and oxygen atoms in total. The van der Waals surface area contributed by atoms with Crippen LogP contribution in [-0.2, 0) is 24.7 Å². The van der Waals surface area contributed by atoms with Crippen LogP contribution in [0, 0.1) is 0 Å². The second-order valence-electron chi connectivity index (χ2n) is 4.94. The van der Waals surface area contributed by atoms with Gasteiger partial charge < -0.3 is 11.5 Å². The molecular formula is C14H15N3NaO5S2+.